The van der Waals surface area contributed by atoms with Gasteiger partial charge in [-0.3, -0.25) is 4.79 Å². The Balaban J connectivity index is 0.00000264. The van der Waals surface area contributed by atoms with Gasteiger partial charge in [0.05, 0.1) is 33.3 Å². The van der Waals surface area contributed by atoms with Crippen LogP contribution >= 0.6 is 0 Å². The maximum atomic E-state index is 12.2. The Bertz CT molecular complexity index is 666. The number of phenolic OH excluding ortho intramolecular Hbond substituents is 1. The second kappa shape index (κ2) is 8.18. The van der Waals surface area contributed by atoms with Crippen molar-refractivity contribution >= 4 is 16.7 Å². The summed E-state index contributed by atoms with van der Waals surface area (Å²) in [6, 6.07) is 11.1. The fraction of sp³-hybridized carbons (Fsp3) is 0.389. The van der Waals surface area contributed by atoms with Gasteiger partial charge in [0.2, 0.25) is 0 Å². The van der Waals surface area contributed by atoms with Crippen molar-refractivity contribution in [2.75, 3.05) is 34.2 Å². The lowest BCUT2D eigenvalue weighted by molar-refractivity contribution is -0.870. The van der Waals surface area contributed by atoms with Gasteiger partial charge in [-0.2, -0.15) is 0 Å². The fourth-order valence-electron chi connectivity index (χ4n) is 2.42. The Morgan fingerprint density at radius 2 is 1.70 bits per heavy atom. The molecule has 0 aliphatic carbocycles. The van der Waals surface area contributed by atoms with Gasteiger partial charge in [-0.05, 0) is 35.7 Å². The van der Waals surface area contributed by atoms with E-state index in [1.54, 1.807) is 12.1 Å². The molecule has 0 spiro atoms. The minimum absolute atomic E-state index is 0. The number of nitrogens with one attached hydrogen (secondary N) is 1. The Morgan fingerprint density at radius 1 is 1.09 bits per heavy atom. The van der Waals surface area contributed by atoms with Gasteiger partial charge in [0, 0.05) is 6.54 Å². The van der Waals surface area contributed by atoms with Crippen LogP contribution in [0.25, 0.3) is 10.8 Å². The van der Waals surface area contributed by atoms with Crippen molar-refractivity contribution in [1.29, 1.82) is 0 Å². The van der Waals surface area contributed by atoms with Crippen molar-refractivity contribution in [3.8, 4) is 5.75 Å². The van der Waals surface area contributed by atoms with Crippen molar-refractivity contribution < 1.29 is 26.8 Å². The molecule has 2 N–H and O–H groups in total. The molecule has 2 rings (SSSR count). The summed E-state index contributed by atoms with van der Waals surface area (Å²) in [4.78, 5) is 12.2. The second-order valence-corrected chi connectivity index (χ2v) is 6.69. The van der Waals surface area contributed by atoms with E-state index in [4.69, 9.17) is 0 Å². The summed E-state index contributed by atoms with van der Waals surface area (Å²) in [7, 11) is 6.48. The van der Waals surface area contributed by atoms with Crippen molar-refractivity contribution in [1.82, 2.24) is 5.32 Å². The Hall–Kier alpha value is -1.78. The normalized spacial score (nSPS) is 11.1. The first kappa shape index (κ1) is 19.3. The third-order valence-corrected chi connectivity index (χ3v) is 3.65. The van der Waals surface area contributed by atoms with Gasteiger partial charge in [0.25, 0.3) is 5.91 Å². The number of rotatable bonds is 6. The molecule has 126 valence electrons. The molecule has 0 radical (unpaired) electrons. The van der Waals surface area contributed by atoms with E-state index in [2.05, 4.69) is 26.5 Å². The average molecular weight is 337 g/mol. The summed E-state index contributed by atoms with van der Waals surface area (Å²) in [5.41, 5.74) is 0.338. The summed E-state index contributed by atoms with van der Waals surface area (Å²) >= 11 is 0. The second-order valence-electron chi connectivity index (χ2n) is 6.69. The molecule has 0 heterocycles. The third kappa shape index (κ3) is 5.73. The number of nitrogens with zero attached hydrogens (tertiary/aromatic N) is 1. The molecule has 4 nitrogen and oxygen atoms in total. The first-order valence-corrected chi connectivity index (χ1v) is 7.67. The van der Waals surface area contributed by atoms with Gasteiger partial charge in [0.1, 0.15) is 5.75 Å². The maximum Gasteiger partial charge on any atom is 0.255 e. The van der Waals surface area contributed by atoms with E-state index in [1.807, 2.05) is 24.3 Å². The minimum atomic E-state index is -0.214. The van der Waals surface area contributed by atoms with E-state index in [0.717, 1.165) is 34.6 Å². The Morgan fingerprint density at radius 3 is 2.30 bits per heavy atom. The number of hydrogen-bond acceptors (Lipinski definition) is 2. The average Bonchev–Trinajstić information content (AvgIpc) is 2.44. The summed E-state index contributed by atoms with van der Waals surface area (Å²) in [6.07, 6.45) is 2.00. The molecule has 0 aromatic heterocycles. The molecule has 0 bridgehead atoms. The summed E-state index contributed by atoms with van der Waals surface area (Å²) < 4.78 is 0.930. The number of hydrogen-bond donors (Lipinski definition) is 2. The van der Waals surface area contributed by atoms with E-state index in [9.17, 15) is 9.90 Å². The van der Waals surface area contributed by atoms with Gasteiger partial charge in [0.15, 0.2) is 0 Å². The molecule has 1 amide bonds. The number of amides is 1. The van der Waals surface area contributed by atoms with Crippen molar-refractivity contribution in [3.63, 3.8) is 0 Å². The number of carbonyl (C=O) groups excluding carboxylic acids is 1. The molecule has 0 aliphatic rings. The maximum absolute atomic E-state index is 12.2. The van der Waals surface area contributed by atoms with Crippen LogP contribution in [0.3, 0.4) is 0 Å². The number of unbranched alkanes of at least 4 members (excludes halogenated alkanes) is 1. The molecule has 0 saturated heterocycles. The first-order valence-electron chi connectivity index (χ1n) is 7.67. The van der Waals surface area contributed by atoms with E-state index in [1.165, 1.54) is 0 Å². The number of quaternary nitrogens is 1. The highest BCUT2D eigenvalue weighted by molar-refractivity contribution is 6.01. The highest BCUT2D eigenvalue weighted by atomic mass is 35.5. The number of halogens is 1. The van der Waals surface area contributed by atoms with Crippen LogP contribution in [-0.4, -0.2) is 49.7 Å². The van der Waals surface area contributed by atoms with Crippen LogP contribution < -0.4 is 17.7 Å². The van der Waals surface area contributed by atoms with Crippen molar-refractivity contribution in [2.45, 2.75) is 12.8 Å². The monoisotopic (exact) mass is 336 g/mol. The number of fused-ring (bicyclic) bond motifs is 1. The topological polar surface area (TPSA) is 49.3 Å². The highest BCUT2D eigenvalue weighted by Crippen LogP contribution is 2.24. The van der Waals surface area contributed by atoms with E-state index in [0.29, 0.717) is 12.1 Å². The molecule has 0 atom stereocenters. The standard InChI is InChI=1S/C18H24N2O2.ClH/c1-20(2,3)11-7-6-10-19-18(22)16-12-14-8-4-5-9-15(14)13-17(16)21;/h4-5,8-9,12-13H,6-7,10-11H2,1-3H3,(H-,19,21,22);1H. The van der Waals surface area contributed by atoms with Crippen LogP contribution in [-0.2, 0) is 0 Å². The number of carbonyl (C=O) groups is 1. The minimum Gasteiger partial charge on any atom is -1.00 e. The molecule has 2 aromatic rings. The molecular formula is C18H25ClN2O2. The van der Waals surface area contributed by atoms with Gasteiger partial charge in [-0.25, -0.2) is 0 Å². The van der Waals surface area contributed by atoms with E-state index < -0.39 is 0 Å². The van der Waals surface area contributed by atoms with Gasteiger partial charge in [-0.15, -0.1) is 0 Å². The number of benzene rings is 2. The van der Waals surface area contributed by atoms with E-state index >= 15 is 0 Å². The van der Waals surface area contributed by atoms with Crippen LogP contribution in [0.1, 0.15) is 23.2 Å². The lowest BCUT2D eigenvalue weighted by Gasteiger charge is -2.23. The summed E-state index contributed by atoms with van der Waals surface area (Å²) in [6.45, 7) is 1.71. The fourth-order valence-corrected chi connectivity index (χ4v) is 2.42. The third-order valence-electron chi connectivity index (χ3n) is 3.65. The van der Waals surface area contributed by atoms with Crippen molar-refractivity contribution in [3.05, 3.63) is 42.0 Å². The zero-order valence-corrected chi connectivity index (χ0v) is 14.7. The van der Waals surface area contributed by atoms with Gasteiger partial charge >= 0.3 is 0 Å². The highest BCUT2D eigenvalue weighted by Gasteiger charge is 2.12. The van der Waals surface area contributed by atoms with Crippen LogP contribution in [0.15, 0.2) is 36.4 Å². The number of phenols is 1. The molecule has 0 saturated carbocycles. The predicted molar refractivity (Wildman–Crippen MR) is 90.1 cm³/mol. The number of aromatic hydroxyl groups is 1. The summed E-state index contributed by atoms with van der Waals surface area (Å²) in [5.74, 6) is -0.184. The molecule has 2 aromatic carbocycles. The molecular weight excluding hydrogens is 312 g/mol. The zero-order chi connectivity index (χ0) is 16.2. The van der Waals surface area contributed by atoms with Crippen LogP contribution in [0.2, 0.25) is 0 Å². The molecule has 0 fully saturated rings. The van der Waals surface area contributed by atoms with Crippen LogP contribution in [0.5, 0.6) is 5.75 Å². The van der Waals surface area contributed by atoms with Crippen molar-refractivity contribution in [2.24, 2.45) is 0 Å². The quantitative estimate of drug-likeness (QED) is 0.565. The largest absolute Gasteiger partial charge is 1.00 e. The molecule has 5 heteroatoms. The molecule has 0 unspecified atom stereocenters. The molecule has 0 aliphatic heterocycles. The first-order chi connectivity index (χ1) is 10.4. The lowest BCUT2D eigenvalue weighted by Crippen LogP contribution is -3.00. The SMILES string of the molecule is C[N+](C)(C)CCCCNC(=O)c1cc2ccccc2cc1O.[Cl-]. The van der Waals surface area contributed by atoms with Crippen LogP contribution in [0.4, 0.5) is 0 Å². The van der Waals surface area contributed by atoms with Gasteiger partial charge in [-0.1, -0.05) is 24.3 Å². The smallest absolute Gasteiger partial charge is 0.255 e. The molecule has 23 heavy (non-hydrogen) atoms. The summed E-state index contributed by atoms with van der Waals surface area (Å²) in [5, 5.41) is 14.8. The Labute approximate surface area is 144 Å². The lowest BCUT2D eigenvalue weighted by atomic mass is 10.1. The van der Waals surface area contributed by atoms with Crippen LogP contribution in [0, 0.1) is 0 Å². The Kier molecular flexibility index (Phi) is 6.85. The zero-order valence-electron chi connectivity index (χ0n) is 14.0. The predicted octanol–water partition coefficient (Wildman–Crippen LogP) is -0.234. The van der Waals surface area contributed by atoms with E-state index in [-0.39, 0.29) is 24.1 Å². The van der Waals surface area contributed by atoms with Gasteiger partial charge < -0.3 is 27.3 Å².